The van der Waals surface area contributed by atoms with Crippen molar-refractivity contribution in [1.82, 2.24) is 10.2 Å². The number of amides is 2. The first-order valence-electron chi connectivity index (χ1n) is 10.1. The Kier molecular flexibility index (Phi) is 7.11. The third kappa shape index (κ3) is 5.28. The maximum atomic E-state index is 13.3. The van der Waals surface area contributed by atoms with Crippen molar-refractivity contribution in [3.8, 4) is 0 Å². The van der Waals surface area contributed by atoms with E-state index in [0.29, 0.717) is 13.1 Å². The number of methoxy groups -OCH3 is 1. The van der Waals surface area contributed by atoms with E-state index in [1.807, 2.05) is 66.4 Å². The second-order valence-electron chi connectivity index (χ2n) is 7.22. The summed E-state index contributed by atoms with van der Waals surface area (Å²) < 4.78 is 4.69. The maximum absolute atomic E-state index is 13.3. The van der Waals surface area contributed by atoms with Crippen LogP contribution >= 0.6 is 0 Å². The van der Waals surface area contributed by atoms with E-state index >= 15 is 0 Å². The molecule has 6 nitrogen and oxygen atoms in total. The summed E-state index contributed by atoms with van der Waals surface area (Å²) in [6.45, 7) is 4.81. The van der Waals surface area contributed by atoms with E-state index in [9.17, 15) is 9.59 Å². The number of piperidine rings is 1. The summed E-state index contributed by atoms with van der Waals surface area (Å²) in [5.41, 5.74) is 2.81. The number of rotatable bonds is 6. The van der Waals surface area contributed by atoms with E-state index in [-0.39, 0.29) is 11.9 Å². The Bertz CT molecular complexity index is 817. The number of hydrogen-bond acceptors (Lipinski definition) is 4. The third-order valence-electron chi connectivity index (χ3n) is 5.36. The van der Waals surface area contributed by atoms with Gasteiger partial charge in [-0.1, -0.05) is 42.5 Å². The lowest BCUT2D eigenvalue weighted by Crippen LogP contribution is -2.45. The summed E-state index contributed by atoms with van der Waals surface area (Å²) in [6, 6.07) is 18.0. The number of benzene rings is 2. The number of alkyl carbamates (subject to hydrolysis) is 1. The molecule has 0 bridgehead atoms. The molecule has 29 heavy (non-hydrogen) atoms. The van der Waals surface area contributed by atoms with Crippen molar-refractivity contribution < 1.29 is 14.3 Å². The van der Waals surface area contributed by atoms with Crippen LogP contribution in [-0.2, 0) is 11.3 Å². The molecule has 6 heteroatoms. The van der Waals surface area contributed by atoms with Gasteiger partial charge in [0, 0.05) is 37.9 Å². The van der Waals surface area contributed by atoms with Crippen LogP contribution in [0.25, 0.3) is 0 Å². The first-order chi connectivity index (χ1) is 14.1. The molecule has 0 aromatic heterocycles. The Morgan fingerprint density at radius 3 is 2.38 bits per heavy atom. The number of ether oxygens (including phenoxy) is 1. The molecule has 2 aromatic rings. The molecule has 0 unspecified atom stereocenters. The van der Waals surface area contributed by atoms with Crippen molar-refractivity contribution in [2.75, 3.05) is 31.6 Å². The van der Waals surface area contributed by atoms with Crippen molar-refractivity contribution >= 4 is 17.7 Å². The van der Waals surface area contributed by atoms with Crippen molar-refractivity contribution in [3.63, 3.8) is 0 Å². The van der Waals surface area contributed by atoms with Gasteiger partial charge in [0.2, 0.25) is 0 Å². The van der Waals surface area contributed by atoms with Crippen LogP contribution in [0.2, 0.25) is 0 Å². The second-order valence-corrected chi connectivity index (χ2v) is 7.22. The molecule has 0 saturated carbocycles. The van der Waals surface area contributed by atoms with Gasteiger partial charge in [0.25, 0.3) is 5.91 Å². The highest BCUT2D eigenvalue weighted by Gasteiger charge is 2.25. The fourth-order valence-corrected chi connectivity index (χ4v) is 3.72. The van der Waals surface area contributed by atoms with Gasteiger partial charge >= 0.3 is 6.09 Å². The van der Waals surface area contributed by atoms with E-state index < -0.39 is 6.09 Å². The van der Waals surface area contributed by atoms with Gasteiger partial charge in [-0.3, -0.25) is 4.79 Å². The van der Waals surface area contributed by atoms with Gasteiger partial charge in [0.1, 0.15) is 0 Å². The Hall–Kier alpha value is -3.02. The van der Waals surface area contributed by atoms with Crippen LogP contribution in [0.5, 0.6) is 0 Å². The molecular formula is C23H29N3O3. The fourth-order valence-electron chi connectivity index (χ4n) is 3.72. The van der Waals surface area contributed by atoms with Gasteiger partial charge in [-0.15, -0.1) is 0 Å². The molecule has 1 heterocycles. The normalized spacial score (nSPS) is 14.3. The van der Waals surface area contributed by atoms with E-state index in [4.69, 9.17) is 0 Å². The molecule has 2 amide bonds. The van der Waals surface area contributed by atoms with Gasteiger partial charge in [-0.25, -0.2) is 4.79 Å². The zero-order valence-corrected chi connectivity index (χ0v) is 17.1. The predicted octanol–water partition coefficient (Wildman–Crippen LogP) is 3.67. The predicted molar refractivity (Wildman–Crippen MR) is 114 cm³/mol. The number of nitrogens with zero attached hydrogens (tertiary/aromatic N) is 2. The van der Waals surface area contributed by atoms with E-state index in [2.05, 4.69) is 15.0 Å². The van der Waals surface area contributed by atoms with Crippen LogP contribution in [0.3, 0.4) is 0 Å². The SMILES string of the molecule is CCN(Cc1ccccc1)C(=O)c1ccccc1N1CCC(NC(=O)OC)CC1. The Morgan fingerprint density at radius 2 is 1.72 bits per heavy atom. The van der Waals surface area contributed by atoms with Gasteiger partial charge in [0.05, 0.1) is 12.7 Å². The average molecular weight is 396 g/mol. The van der Waals surface area contributed by atoms with Crippen LogP contribution in [0.1, 0.15) is 35.7 Å². The molecule has 0 atom stereocenters. The van der Waals surface area contributed by atoms with Gasteiger partial charge in [0.15, 0.2) is 0 Å². The van der Waals surface area contributed by atoms with Gasteiger partial charge in [-0.05, 0) is 37.5 Å². The molecule has 0 radical (unpaired) electrons. The highest BCUT2D eigenvalue weighted by molar-refractivity contribution is 5.99. The molecule has 3 rings (SSSR count). The van der Waals surface area contributed by atoms with Gasteiger partial charge in [-0.2, -0.15) is 0 Å². The Balaban J connectivity index is 1.71. The van der Waals surface area contributed by atoms with E-state index in [0.717, 1.165) is 42.7 Å². The van der Waals surface area contributed by atoms with Crippen LogP contribution in [-0.4, -0.2) is 49.7 Å². The maximum Gasteiger partial charge on any atom is 0.407 e. The van der Waals surface area contributed by atoms with Crippen LogP contribution in [0.15, 0.2) is 54.6 Å². The summed E-state index contributed by atoms with van der Waals surface area (Å²) in [5, 5.41) is 2.87. The molecular weight excluding hydrogens is 366 g/mol. The average Bonchev–Trinajstić information content (AvgIpc) is 2.78. The molecule has 1 aliphatic heterocycles. The molecule has 2 aromatic carbocycles. The highest BCUT2D eigenvalue weighted by atomic mass is 16.5. The molecule has 0 aliphatic carbocycles. The minimum absolute atomic E-state index is 0.0433. The fraction of sp³-hybridized carbons (Fsp3) is 0.391. The minimum Gasteiger partial charge on any atom is -0.453 e. The molecule has 1 aliphatic rings. The van der Waals surface area contributed by atoms with E-state index in [1.54, 1.807) is 0 Å². The number of carbonyl (C=O) groups is 2. The van der Waals surface area contributed by atoms with Crippen LogP contribution < -0.4 is 10.2 Å². The number of hydrogen-bond donors (Lipinski definition) is 1. The zero-order valence-electron chi connectivity index (χ0n) is 17.1. The molecule has 1 saturated heterocycles. The molecule has 1 N–H and O–H groups in total. The minimum atomic E-state index is -0.390. The second kappa shape index (κ2) is 9.96. The Morgan fingerprint density at radius 1 is 1.07 bits per heavy atom. The zero-order chi connectivity index (χ0) is 20.6. The quantitative estimate of drug-likeness (QED) is 0.811. The van der Waals surface area contributed by atoms with Crippen LogP contribution in [0.4, 0.5) is 10.5 Å². The summed E-state index contributed by atoms with van der Waals surface area (Å²) >= 11 is 0. The van der Waals surface area contributed by atoms with Crippen molar-refractivity contribution in [3.05, 3.63) is 65.7 Å². The lowest BCUT2D eigenvalue weighted by atomic mass is 10.0. The largest absolute Gasteiger partial charge is 0.453 e. The summed E-state index contributed by atoms with van der Waals surface area (Å²) in [4.78, 5) is 28.9. The van der Waals surface area contributed by atoms with E-state index in [1.165, 1.54) is 7.11 Å². The Labute approximate surface area is 172 Å². The highest BCUT2D eigenvalue weighted by Crippen LogP contribution is 2.26. The standard InChI is InChI=1S/C23H29N3O3/c1-3-25(17-18-9-5-4-6-10-18)22(27)20-11-7-8-12-21(20)26-15-13-19(14-16-26)24-23(28)29-2/h4-12,19H,3,13-17H2,1-2H3,(H,24,28). The molecule has 1 fully saturated rings. The number of nitrogens with one attached hydrogen (secondary N) is 1. The topological polar surface area (TPSA) is 61.9 Å². The van der Waals surface area contributed by atoms with Crippen molar-refractivity contribution in [2.45, 2.75) is 32.4 Å². The number of anilines is 1. The third-order valence-corrected chi connectivity index (χ3v) is 5.36. The number of para-hydroxylation sites is 1. The van der Waals surface area contributed by atoms with Gasteiger partial charge < -0.3 is 19.9 Å². The summed E-state index contributed by atoms with van der Waals surface area (Å²) in [7, 11) is 1.38. The smallest absolute Gasteiger partial charge is 0.407 e. The molecule has 0 spiro atoms. The monoisotopic (exact) mass is 395 g/mol. The first kappa shape index (κ1) is 20.7. The first-order valence-corrected chi connectivity index (χ1v) is 10.1. The lowest BCUT2D eigenvalue weighted by molar-refractivity contribution is 0.0753. The van der Waals surface area contributed by atoms with Crippen molar-refractivity contribution in [2.24, 2.45) is 0 Å². The summed E-state index contributed by atoms with van der Waals surface area (Å²) in [6.07, 6.45) is 1.25. The van der Waals surface area contributed by atoms with Crippen molar-refractivity contribution in [1.29, 1.82) is 0 Å². The summed E-state index contributed by atoms with van der Waals surface area (Å²) in [5.74, 6) is 0.0433. The molecule has 154 valence electrons. The van der Waals surface area contributed by atoms with Crippen LogP contribution in [0, 0.1) is 0 Å². The lowest BCUT2D eigenvalue weighted by Gasteiger charge is -2.35. The number of carbonyl (C=O) groups excluding carboxylic acids is 2.